The molecule has 0 bridgehead atoms. The zero-order valence-corrected chi connectivity index (χ0v) is 14.0. The van der Waals surface area contributed by atoms with Gasteiger partial charge in [-0.2, -0.15) is 0 Å². The first-order valence-corrected chi connectivity index (χ1v) is 7.61. The lowest BCUT2D eigenvalue weighted by molar-refractivity contribution is -0.139. The minimum absolute atomic E-state index is 0.0436. The molecule has 0 aliphatic rings. The summed E-state index contributed by atoms with van der Waals surface area (Å²) in [5.74, 6) is -2.39. The molecule has 1 aromatic heterocycles. The molecule has 1 atom stereocenters. The third-order valence-electron chi connectivity index (χ3n) is 3.38. The lowest BCUT2D eigenvalue weighted by Gasteiger charge is -2.15. The van der Waals surface area contributed by atoms with Crippen LogP contribution in [0, 0.1) is 0 Å². The lowest BCUT2D eigenvalue weighted by Crippen LogP contribution is -2.42. The Morgan fingerprint density at radius 3 is 2.56 bits per heavy atom. The van der Waals surface area contributed by atoms with Crippen molar-refractivity contribution in [2.24, 2.45) is 0 Å². The number of carboxylic acid groups (broad SMARTS) is 1. The summed E-state index contributed by atoms with van der Waals surface area (Å²) in [6, 6.07) is 7.84. The first-order valence-electron chi connectivity index (χ1n) is 7.23. The van der Waals surface area contributed by atoms with E-state index in [4.69, 9.17) is 11.6 Å². The van der Waals surface area contributed by atoms with Gasteiger partial charge in [-0.15, -0.1) is 0 Å². The van der Waals surface area contributed by atoms with Gasteiger partial charge in [0.15, 0.2) is 0 Å². The van der Waals surface area contributed by atoms with Gasteiger partial charge in [0.05, 0.1) is 12.7 Å². The van der Waals surface area contributed by atoms with Crippen LogP contribution in [0.2, 0.25) is 5.15 Å². The zero-order valence-electron chi connectivity index (χ0n) is 13.2. The summed E-state index contributed by atoms with van der Waals surface area (Å²) in [6.45, 7) is 0. The minimum Gasteiger partial charge on any atom is -0.480 e. The number of carbonyl (C=O) groups excluding carboxylic acids is 2. The average Bonchev–Trinajstić information content (AvgIpc) is 2.62. The molecule has 25 heavy (non-hydrogen) atoms. The maximum atomic E-state index is 12.3. The molecule has 0 unspecified atom stereocenters. The number of benzene rings is 1. The Bertz CT molecular complexity index is 792. The monoisotopic (exact) mass is 362 g/mol. The van der Waals surface area contributed by atoms with Gasteiger partial charge in [0.25, 0.3) is 5.91 Å². The predicted molar refractivity (Wildman–Crippen MR) is 89.6 cm³/mol. The number of pyridine rings is 1. The first kappa shape index (κ1) is 18.4. The number of aromatic nitrogens is 1. The highest BCUT2D eigenvalue weighted by Crippen LogP contribution is 2.10. The maximum Gasteiger partial charge on any atom is 0.337 e. The van der Waals surface area contributed by atoms with E-state index in [9.17, 15) is 19.5 Å². The minimum atomic E-state index is -1.19. The van der Waals surface area contributed by atoms with Gasteiger partial charge in [-0.1, -0.05) is 23.7 Å². The fraction of sp³-hybridized carbons (Fsp3) is 0.176. The number of amides is 1. The second-order valence-corrected chi connectivity index (χ2v) is 5.52. The summed E-state index contributed by atoms with van der Waals surface area (Å²) in [7, 11) is 1.23. The van der Waals surface area contributed by atoms with Crippen LogP contribution in [0.15, 0.2) is 42.6 Å². The highest BCUT2D eigenvalue weighted by atomic mass is 35.5. The van der Waals surface area contributed by atoms with Crippen LogP contribution in [0.5, 0.6) is 0 Å². The van der Waals surface area contributed by atoms with E-state index in [1.807, 2.05) is 0 Å². The van der Waals surface area contributed by atoms with Crippen LogP contribution < -0.4 is 5.32 Å². The summed E-state index contributed by atoms with van der Waals surface area (Å²) in [5, 5.41) is 12.1. The molecule has 7 nitrogen and oxygen atoms in total. The average molecular weight is 363 g/mol. The van der Waals surface area contributed by atoms with E-state index in [2.05, 4.69) is 15.0 Å². The Labute approximate surface area is 148 Å². The number of rotatable bonds is 6. The van der Waals surface area contributed by atoms with Crippen LogP contribution in [0.25, 0.3) is 0 Å². The fourth-order valence-electron chi connectivity index (χ4n) is 2.11. The number of esters is 1. The zero-order chi connectivity index (χ0) is 18.4. The van der Waals surface area contributed by atoms with Gasteiger partial charge in [-0.3, -0.25) is 4.79 Å². The first-order chi connectivity index (χ1) is 11.9. The van der Waals surface area contributed by atoms with E-state index < -0.39 is 23.9 Å². The van der Waals surface area contributed by atoms with E-state index in [0.717, 1.165) is 0 Å². The van der Waals surface area contributed by atoms with Crippen molar-refractivity contribution in [1.29, 1.82) is 0 Å². The molecule has 2 N–H and O–H groups in total. The van der Waals surface area contributed by atoms with Crippen molar-refractivity contribution >= 4 is 29.4 Å². The molecule has 1 aromatic carbocycles. The second-order valence-electron chi connectivity index (χ2n) is 5.13. The Balaban J connectivity index is 2.13. The molecule has 0 saturated carbocycles. The molecule has 8 heteroatoms. The highest BCUT2D eigenvalue weighted by molar-refractivity contribution is 6.29. The molecule has 0 aliphatic heterocycles. The quantitative estimate of drug-likeness (QED) is 0.601. The second kappa shape index (κ2) is 8.25. The van der Waals surface area contributed by atoms with Crippen molar-refractivity contribution in [2.45, 2.75) is 12.5 Å². The SMILES string of the molecule is COC(=O)c1cccc(C(=O)N[C@@H](Cc2ccc(Cl)nc2)C(=O)O)c1. The van der Waals surface area contributed by atoms with Gasteiger partial charge < -0.3 is 15.2 Å². The largest absolute Gasteiger partial charge is 0.480 e. The van der Waals surface area contributed by atoms with E-state index in [-0.39, 0.29) is 17.5 Å². The van der Waals surface area contributed by atoms with Crippen molar-refractivity contribution in [2.75, 3.05) is 7.11 Å². The number of methoxy groups -OCH3 is 1. The number of nitrogens with zero attached hydrogens (tertiary/aromatic N) is 1. The number of nitrogens with one attached hydrogen (secondary N) is 1. The van der Waals surface area contributed by atoms with Crippen molar-refractivity contribution in [3.05, 3.63) is 64.4 Å². The number of carboxylic acids is 1. The molecule has 0 fully saturated rings. The van der Waals surface area contributed by atoms with Crippen molar-refractivity contribution in [3.8, 4) is 0 Å². The predicted octanol–water partition coefficient (Wildman–Crippen LogP) is 1.95. The lowest BCUT2D eigenvalue weighted by atomic mass is 10.1. The number of hydrogen-bond acceptors (Lipinski definition) is 5. The summed E-state index contributed by atoms with van der Waals surface area (Å²) in [5.41, 5.74) is 0.965. The van der Waals surface area contributed by atoms with E-state index in [1.54, 1.807) is 6.07 Å². The molecule has 0 spiro atoms. The molecule has 1 heterocycles. The normalized spacial score (nSPS) is 11.4. The molecular weight excluding hydrogens is 348 g/mol. The number of carbonyl (C=O) groups is 3. The molecule has 2 aromatic rings. The molecule has 2 rings (SSSR count). The highest BCUT2D eigenvalue weighted by Gasteiger charge is 2.22. The summed E-state index contributed by atoms with van der Waals surface area (Å²) >= 11 is 5.69. The topological polar surface area (TPSA) is 106 Å². The Morgan fingerprint density at radius 1 is 1.24 bits per heavy atom. The standard InChI is InChI=1S/C17H15ClN2O5/c1-25-17(24)12-4-2-3-11(8-12)15(21)20-13(16(22)23)7-10-5-6-14(18)19-9-10/h2-6,8-9,13H,7H2,1H3,(H,20,21)(H,22,23)/t13-/m0/s1. The third-order valence-corrected chi connectivity index (χ3v) is 3.60. The Hall–Kier alpha value is -2.93. The van der Waals surface area contributed by atoms with E-state index in [1.165, 1.54) is 43.6 Å². The summed E-state index contributed by atoms with van der Waals surface area (Å²) in [4.78, 5) is 39.1. The summed E-state index contributed by atoms with van der Waals surface area (Å²) in [6.07, 6.45) is 1.49. The summed E-state index contributed by atoms with van der Waals surface area (Å²) < 4.78 is 4.60. The van der Waals surface area contributed by atoms with Crippen molar-refractivity contribution < 1.29 is 24.2 Å². The van der Waals surface area contributed by atoms with Crippen LogP contribution in [0.1, 0.15) is 26.3 Å². The van der Waals surface area contributed by atoms with Gasteiger partial charge in [0, 0.05) is 18.2 Å². The van der Waals surface area contributed by atoms with E-state index >= 15 is 0 Å². The van der Waals surface area contributed by atoms with Gasteiger partial charge in [0.1, 0.15) is 11.2 Å². The molecule has 0 aliphatic carbocycles. The van der Waals surface area contributed by atoms with Crippen LogP contribution in [-0.2, 0) is 16.0 Å². The van der Waals surface area contributed by atoms with Crippen LogP contribution in [-0.4, -0.2) is 41.1 Å². The van der Waals surface area contributed by atoms with Gasteiger partial charge in [0.2, 0.25) is 0 Å². The van der Waals surface area contributed by atoms with Crippen LogP contribution in [0.3, 0.4) is 0 Å². The molecular formula is C17H15ClN2O5. The van der Waals surface area contributed by atoms with E-state index in [0.29, 0.717) is 10.7 Å². The van der Waals surface area contributed by atoms with Gasteiger partial charge in [-0.05, 0) is 29.8 Å². The van der Waals surface area contributed by atoms with Crippen molar-refractivity contribution in [3.63, 3.8) is 0 Å². The van der Waals surface area contributed by atoms with Gasteiger partial charge in [-0.25, -0.2) is 14.6 Å². The van der Waals surface area contributed by atoms with Crippen LogP contribution >= 0.6 is 11.6 Å². The van der Waals surface area contributed by atoms with Crippen molar-refractivity contribution in [1.82, 2.24) is 10.3 Å². The Morgan fingerprint density at radius 2 is 1.96 bits per heavy atom. The Kier molecular flexibility index (Phi) is 6.08. The molecule has 0 radical (unpaired) electrons. The number of aliphatic carboxylic acids is 1. The number of halogens is 1. The van der Waals surface area contributed by atoms with Crippen LogP contribution in [0.4, 0.5) is 0 Å². The smallest absolute Gasteiger partial charge is 0.337 e. The maximum absolute atomic E-state index is 12.3. The van der Waals surface area contributed by atoms with Gasteiger partial charge >= 0.3 is 11.9 Å². The molecule has 130 valence electrons. The number of ether oxygens (including phenoxy) is 1. The number of hydrogen-bond donors (Lipinski definition) is 2. The third kappa shape index (κ3) is 5.02. The molecule has 1 amide bonds. The molecule has 0 saturated heterocycles. The fourth-order valence-corrected chi connectivity index (χ4v) is 2.22.